The molecule has 0 atom stereocenters. The van der Waals surface area contributed by atoms with E-state index in [2.05, 4.69) is 9.72 Å². The van der Waals surface area contributed by atoms with Gasteiger partial charge in [0.15, 0.2) is 11.6 Å². The van der Waals surface area contributed by atoms with Crippen molar-refractivity contribution in [1.82, 2.24) is 9.55 Å². The number of hydrogen-bond acceptors (Lipinski definition) is 3. The molecule has 0 saturated heterocycles. The fraction of sp³-hybridized carbons (Fsp3) is 0.0400. The summed E-state index contributed by atoms with van der Waals surface area (Å²) in [5.74, 6) is -3.42. The van der Waals surface area contributed by atoms with Gasteiger partial charge in [0.1, 0.15) is 11.6 Å². The normalized spacial score (nSPS) is 11.8. The van der Waals surface area contributed by atoms with Crippen LogP contribution in [-0.4, -0.2) is 21.8 Å². The molecule has 0 fully saturated rings. The van der Waals surface area contributed by atoms with Gasteiger partial charge in [0.2, 0.25) is 0 Å². The van der Waals surface area contributed by atoms with Crippen molar-refractivity contribution >= 4 is 27.7 Å². The van der Waals surface area contributed by atoms with Gasteiger partial charge < -0.3 is 4.74 Å². The molecule has 0 saturated carbocycles. The highest BCUT2D eigenvalue weighted by Crippen LogP contribution is 2.34. The number of halogens is 5. The van der Waals surface area contributed by atoms with Gasteiger partial charge >= 0.3 is 6.36 Å². The topological polar surface area (TPSA) is 44.1 Å². The van der Waals surface area contributed by atoms with Crippen LogP contribution in [0.3, 0.4) is 0 Å². The Balaban J connectivity index is 1.77. The first-order valence-corrected chi connectivity index (χ1v) is 9.97. The minimum Gasteiger partial charge on any atom is -0.406 e. The molecule has 34 heavy (non-hydrogen) atoms. The van der Waals surface area contributed by atoms with Crippen LogP contribution < -0.4 is 4.74 Å². The Labute approximate surface area is 188 Å². The first-order valence-electron chi connectivity index (χ1n) is 9.97. The highest BCUT2D eigenvalue weighted by molar-refractivity contribution is 6.06. The fourth-order valence-electron chi connectivity index (χ4n) is 3.82. The minimum atomic E-state index is -4.91. The molecule has 170 valence electrons. The summed E-state index contributed by atoms with van der Waals surface area (Å²) in [7, 11) is 0. The minimum absolute atomic E-state index is 0.0561. The van der Waals surface area contributed by atoms with Crippen molar-refractivity contribution < 1.29 is 31.5 Å². The summed E-state index contributed by atoms with van der Waals surface area (Å²) in [5, 5.41) is 1.59. The summed E-state index contributed by atoms with van der Waals surface area (Å²) in [6.07, 6.45) is -4.91. The average Bonchev–Trinajstić information content (AvgIpc) is 3.17. The fourth-order valence-corrected chi connectivity index (χ4v) is 3.82. The number of carbonyl (C=O) groups excluding carboxylic acids is 1. The first kappa shape index (κ1) is 21.6. The van der Waals surface area contributed by atoms with Gasteiger partial charge in [0.25, 0.3) is 5.91 Å². The highest BCUT2D eigenvalue weighted by Gasteiger charge is 2.31. The summed E-state index contributed by atoms with van der Waals surface area (Å²) >= 11 is 0. The molecule has 4 nitrogen and oxygen atoms in total. The molecule has 0 unspecified atom stereocenters. The number of carbonyl (C=O) groups is 1. The van der Waals surface area contributed by atoms with E-state index < -0.39 is 29.7 Å². The van der Waals surface area contributed by atoms with E-state index in [9.17, 15) is 26.7 Å². The van der Waals surface area contributed by atoms with E-state index in [0.717, 1.165) is 41.1 Å². The number of aromatic nitrogens is 2. The van der Waals surface area contributed by atoms with Gasteiger partial charge in [-0.1, -0.05) is 42.5 Å². The summed E-state index contributed by atoms with van der Waals surface area (Å²) in [5.41, 5.74) is 0.603. The molecular weight excluding hydrogens is 455 g/mol. The molecule has 0 radical (unpaired) electrons. The molecule has 0 bridgehead atoms. The number of benzene rings is 4. The Hall–Kier alpha value is -4.27. The van der Waals surface area contributed by atoms with E-state index in [1.54, 1.807) is 18.2 Å². The maximum atomic E-state index is 13.9. The van der Waals surface area contributed by atoms with Crippen LogP contribution in [0.2, 0.25) is 0 Å². The van der Waals surface area contributed by atoms with Crippen molar-refractivity contribution in [2.24, 2.45) is 0 Å². The molecule has 0 amide bonds. The molecule has 1 aromatic heterocycles. The number of hydrogen-bond donors (Lipinski definition) is 0. The lowest BCUT2D eigenvalue weighted by Gasteiger charge is -2.11. The largest absolute Gasteiger partial charge is 0.573 e. The van der Waals surface area contributed by atoms with Gasteiger partial charge in [-0.2, -0.15) is 0 Å². The van der Waals surface area contributed by atoms with Crippen molar-refractivity contribution in [3.05, 3.63) is 96.1 Å². The second-order valence-electron chi connectivity index (χ2n) is 7.43. The van der Waals surface area contributed by atoms with Gasteiger partial charge in [0, 0.05) is 17.2 Å². The predicted octanol–water partition coefficient (Wildman–Crippen LogP) is 6.72. The van der Waals surface area contributed by atoms with E-state index in [1.165, 1.54) is 10.6 Å². The molecule has 0 N–H and O–H groups in total. The second-order valence-corrected chi connectivity index (χ2v) is 7.43. The molecule has 0 aliphatic carbocycles. The van der Waals surface area contributed by atoms with Crippen LogP contribution in [0.1, 0.15) is 10.4 Å². The molecule has 1 heterocycles. The maximum absolute atomic E-state index is 13.9. The number of fused-ring (bicyclic) bond motifs is 2. The third kappa shape index (κ3) is 3.85. The van der Waals surface area contributed by atoms with Crippen LogP contribution in [0, 0.1) is 11.6 Å². The Morgan fingerprint density at radius 2 is 1.62 bits per heavy atom. The number of ether oxygens (including phenoxy) is 1. The number of nitrogens with zero attached hydrogens (tertiary/aromatic N) is 2. The molecule has 0 aliphatic heterocycles. The van der Waals surface area contributed by atoms with Gasteiger partial charge in [-0.15, -0.1) is 13.2 Å². The maximum Gasteiger partial charge on any atom is 0.573 e. The smallest absolute Gasteiger partial charge is 0.406 e. The van der Waals surface area contributed by atoms with Crippen molar-refractivity contribution in [2.75, 3.05) is 0 Å². The second kappa shape index (κ2) is 7.95. The Bertz CT molecular complexity index is 1570. The van der Waals surface area contributed by atoms with Crippen LogP contribution >= 0.6 is 0 Å². The van der Waals surface area contributed by atoms with E-state index in [4.69, 9.17) is 0 Å². The zero-order valence-electron chi connectivity index (χ0n) is 17.1. The van der Waals surface area contributed by atoms with E-state index in [0.29, 0.717) is 5.56 Å². The van der Waals surface area contributed by atoms with Gasteiger partial charge in [-0.3, -0.25) is 9.36 Å². The number of alkyl halides is 3. The van der Waals surface area contributed by atoms with Crippen LogP contribution in [0.4, 0.5) is 22.0 Å². The lowest BCUT2D eigenvalue weighted by atomic mass is 10.0. The predicted molar refractivity (Wildman–Crippen MR) is 115 cm³/mol. The van der Waals surface area contributed by atoms with Crippen LogP contribution in [0.15, 0.2) is 78.9 Å². The standard InChI is InChI=1S/C25H13F5N2O2/c26-19-10-8-15(12-20(19)27)24(33)32-22-11-9-16(34-25(28,29)30)13-21(22)31-23(32)18-7-3-5-14-4-1-2-6-17(14)18/h1-13H. The zero-order chi connectivity index (χ0) is 24.0. The molecule has 0 aliphatic rings. The summed E-state index contributed by atoms with van der Waals surface area (Å²) in [6.45, 7) is 0. The van der Waals surface area contributed by atoms with Crippen LogP contribution in [0.5, 0.6) is 5.75 Å². The van der Waals surface area contributed by atoms with Crippen LogP contribution in [0.25, 0.3) is 33.2 Å². The van der Waals surface area contributed by atoms with E-state index in [1.807, 2.05) is 24.3 Å². The van der Waals surface area contributed by atoms with E-state index >= 15 is 0 Å². The third-order valence-corrected chi connectivity index (χ3v) is 5.26. The third-order valence-electron chi connectivity index (χ3n) is 5.26. The first-order chi connectivity index (χ1) is 16.2. The molecule has 5 rings (SSSR count). The van der Waals surface area contributed by atoms with Crippen molar-refractivity contribution in [3.63, 3.8) is 0 Å². The van der Waals surface area contributed by atoms with E-state index in [-0.39, 0.29) is 22.4 Å². The van der Waals surface area contributed by atoms with Crippen molar-refractivity contribution in [3.8, 4) is 17.1 Å². The zero-order valence-corrected chi connectivity index (χ0v) is 17.1. The SMILES string of the molecule is O=C(c1ccc(F)c(F)c1)n1c(-c2cccc3ccccc23)nc2cc(OC(F)(F)F)ccc21. The monoisotopic (exact) mass is 468 g/mol. The van der Waals surface area contributed by atoms with Crippen molar-refractivity contribution in [1.29, 1.82) is 0 Å². The Morgan fingerprint density at radius 3 is 2.38 bits per heavy atom. The quantitative estimate of drug-likeness (QED) is 0.276. The number of rotatable bonds is 3. The highest BCUT2D eigenvalue weighted by atomic mass is 19.4. The van der Waals surface area contributed by atoms with Crippen LogP contribution in [-0.2, 0) is 0 Å². The summed E-state index contributed by atoms with van der Waals surface area (Å²) in [4.78, 5) is 17.9. The lowest BCUT2D eigenvalue weighted by molar-refractivity contribution is -0.274. The summed E-state index contributed by atoms with van der Waals surface area (Å²) < 4.78 is 70.6. The van der Waals surface area contributed by atoms with Crippen molar-refractivity contribution in [2.45, 2.75) is 6.36 Å². The molecular formula is C25H13F5N2O2. The molecule has 9 heteroatoms. The Morgan fingerprint density at radius 1 is 0.853 bits per heavy atom. The number of imidazole rings is 1. The molecule has 0 spiro atoms. The Kier molecular flexibility index (Phi) is 5.04. The molecule has 5 aromatic rings. The average molecular weight is 468 g/mol. The van der Waals surface area contributed by atoms with Gasteiger partial charge in [-0.25, -0.2) is 13.8 Å². The lowest BCUT2D eigenvalue weighted by Crippen LogP contribution is -2.17. The van der Waals surface area contributed by atoms with Gasteiger partial charge in [0.05, 0.1) is 11.0 Å². The molecule has 4 aromatic carbocycles. The summed E-state index contributed by atoms with van der Waals surface area (Å²) in [6, 6.07) is 18.7. The van der Waals surface area contributed by atoms with Gasteiger partial charge in [-0.05, 0) is 41.1 Å².